The number of pyridine rings is 2. The van der Waals surface area contributed by atoms with E-state index in [4.69, 9.17) is 9.15 Å². The first kappa shape index (κ1) is 20.1. The largest absolute Gasteiger partial charge is 0.497 e. The number of amides is 1. The normalized spacial score (nSPS) is 17.7. The highest BCUT2D eigenvalue weighted by Crippen LogP contribution is 2.44. The number of nitrogens with zero attached hydrogens (tertiary/aromatic N) is 3. The van der Waals surface area contributed by atoms with Crippen molar-refractivity contribution in [1.29, 1.82) is 0 Å². The molecule has 1 aliphatic carbocycles. The number of ether oxygens (including phenoxy) is 1. The van der Waals surface area contributed by atoms with Crippen LogP contribution in [-0.2, 0) is 4.79 Å². The number of anilines is 2. The summed E-state index contributed by atoms with van der Waals surface area (Å²) >= 11 is 0. The Kier molecular flexibility index (Phi) is 4.84. The van der Waals surface area contributed by atoms with Gasteiger partial charge in [-0.2, -0.15) is 0 Å². The molecule has 3 heterocycles. The molecule has 0 spiro atoms. The molecule has 0 radical (unpaired) electrons. The molecule has 1 amide bonds. The zero-order valence-corrected chi connectivity index (χ0v) is 17.2. The average molecular weight is 439 g/mol. The molecule has 1 saturated carbocycles. The van der Waals surface area contributed by atoms with Crippen molar-refractivity contribution in [2.75, 3.05) is 24.8 Å². The number of hydrogen-bond acceptors (Lipinski definition) is 7. The molecule has 5 rings (SSSR count). The van der Waals surface area contributed by atoms with E-state index in [1.165, 1.54) is 0 Å². The summed E-state index contributed by atoms with van der Waals surface area (Å²) in [7, 11) is 3.31. The molecule has 1 aliphatic rings. The minimum atomic E-state index is -2.50. The second-order valence-corrected chi connectivity index (χ2v) is 7.57. The molecule has 8 nitrogen and oxygen atoms in total. The second-order valence-electron chi connectivity index (χ2n) is 7.57. The topological polar surface area (TPSA) is 102 Å². The van der Waals surface area contributed by atoms with Crippen molar-refractivity contribution in [3.05, 3.63) is 36.7 Å². The van der Waals surface area contributed by atoms with Crippen LogP contribution in [0.1, 0.15) is 6.42 Å². The molecule has 10 heteroatoms. The number of hydrogen-bond donors (Lipinski definition) is 2. The van der Waals surface area contributed by atoms with Gasteiger partial charge in [0, 0.05) is 48.1 Å². The van der Waals surface area contributed by atoms with Crippen molar-refractivity contribution in [2.45, 2.75) is 12.8 Å². The van der Waals surface area contributed by atoms with E-state index in [1.54, 1.807) is 50.8 Å². The minimum absolute atomic E-state index is 0.183. The lowest BCUT2D eigenvalue weighted by Gasteiger charge is -2.10. The molecule has 0 unspecified atom stereocenters. The molecular formula is C22H19F2N5O3. The summed E-state index contributed by atoms with van der Waals surface area (Å²) in [6.07, 6.45) is 0.873. The summed E-state index contributed by atoms with van der Waals surface area (Å²) in [6.45, 7) is 0. The Labute approximate surface area is 181 Å². The van der Waals surface area contributed by atoms with Gasteiger partial charge in [0.05, 0.1) is 12.7 Å². The predicted molar refractivity (Wildman–Crippen MR) is 115 cm³/mol. The highest BCUT2D eigenvalue weighted by Gasteiger charge is 2.48. The van der Waals surface area contributed by atoms with Gasteiger partial charge in [-0.05, 0) is 24.6 Å². The Hall–Kier alpha value is -3.82. The van der Waals surface area contributed by atoms with Crippen LogP contribution in [-0.4, -0.2) is 41.4 Å². The minimum Gasteiger partial charge on any atom is -0.497 e. The number of rotatable bonds is 6. The predicted octanol–water partition coefficient (Wildman–Crippen LogP) is 4.33. The molecule has 1 fully saturated rings. The Morgan fingerprint density at radius 2 is 2.06 bits per heavy atom. The van der Waals surface area contributed by atoms with Crippen molar-refractivity contribution >= 4 is 39.4 Å². The molecule has 2 N–H and O–H groups in total. The van der Waals surface area contributed by atoms with Crippen molar-refractivity contribution in [3.8, 4) is 17.2 Å². The first-order valence-electron chi connectivity index (χ1n) is 9.99. The van der Waals surface area contributed by atoms with Crippen molar-refractivity contribution in [1.82, 2.24) is 15.0 Å². The lowest BCUT2D eigenvalue weighted by Crippen LogP contribution is -2.17. The maximum Gasteiger partial charge on any atom is 0.242 e. The van der Waals surface area contributed by atoms with Crippen LogP contribution in [0.5, 0.6) is 5.75 Å². The van der Waals surface area contributed by atoms with Gasteiger partial charge < -0.3 is 19.8 Å². The van der Waals surface area contributed by atoms with Crippen LogP contribution in [0.25, 0.3) is 33.3 Å². The van der Waals surface area contributed by atoms with E-state index < -0.39 is 24.2 Å². The van der Waals surface area contributed by atoms with E-state index in [0.29, 0.717) is 44.9 Å². The number of aromatic nitrogens is 3. The van der Waals surface area contributed by atoms with Gasteiger partial charge in [0.2, 0.25) is 18.2 Å². The monoisotopic (exact) mass is 439 g/mol. The second kappa shape index (κ2) is 7.70. The van der Waals surface area contributed by atoms with E-state index >= 15 is 0 Å². The number of methoxy groups -OCH3 is 1. The van der Waals surface area contributed by atoms with E-state index in [0.717, 1.165) is 0 Å². The summed E-state index contributed by atoms with van der Waals surface area (Å²) in [4.78, 5) is 25.6. The van der Waals surface area contributed by atoms with E-state index in [2.05, 4.69) is 25.6 Å². The SMILES string of the molecule is CNc1ncc(-c2nc3cc(OC)ccc3o2)c2cc(NC(=O)[C@H]3C[C@H]3C(F)F)ncc12. The van der Waals surface area contributed by atoms with Crippen molar-refractivity contribution in [3.63, 3.8) is 0 Å². The van der Waals surface area contributed by atoms with Crippen LogP contribution >= 0.6 is 0 Å². The number of carbonyl (C=O) groups excluding carboxylic acids is 1. The number of benzene rings is 1. The van der Waals surface area contributed by atoms with E-state index in [1.807, 2.05) is 0 Å². The Bertz CT molecular complexity index is 1340. The van der Waals surface area contributed by atoms with Gasteiger partial charge in [-0.3, -0.25) is 4.79 Å². The summed E-state index contributed by atoms with van der Waals surface area (Å²) in [5, 5.41) is 7.04. The van der Waals surface area contributed by atoms with Gasteiger partial charge in [0.25, 0.3) is 0 Å². The molecule has 164 valence electrons. The number of nitrogens with one attached hydrogen (secondary N) is 2. The summed E-state index contributed by atoms with van der Waals surface area (Å²) in [5.41, 5.74) is 1.81. The standard InChI is InChI=1S/C22H19F2N5O3/c1-25-20-14-8-26-18(29-21(30)13-6-12(13)19(23)24)7-11(14)15(9-27-20)22-28-16-5-10(31-2)3-4-17(16)32-22/h3-5,7-9,12-13,19H,6H2,1-2H3,(H,25,27)(H,26,29,30)/t12-,13+/m1/s1. The Morgan fingerprint density at radius 1 is 1.22 bits per heavy atom. The summed E-state index contributed by atoms with van der Waals surface area (Å²) in [5.74, 6) is -0.187. The zero-order chi connectivity index (χ0) is 22.4. The molecule has 32 heavy (non-hydrogen) atoms. The van der Waals surface area contributed by atoms with Crippen molar-refractivity contribution < 1.29 is 22.7 Å². The number of halogens is 2. The molecule has 0 bridgehead atoms. The van der Waals surface area contributed by atoms with Crippen LogP contribution in [0.3, 0.4) is 0 Å². The van der Waals surface area contributed by atoms with Gasteiger partial charge >= 0.3 is 0 Å². The summed E-state index contributed by atoms with van der Waals surface area (Å²) in [6, 6.07) is 6.98. The molecule has 0 aliphatic heterocycles. The van der Waals surface area contributed by atoms with Gasteiger partial charge in [-0.25, -0.2) is 23.7 Å². The number of oxazole rings is 1. The first-order valence-corrected chi connectivity index (χ1v) is 9.99. The third kappa shape index (κ3) is 3.47. The molecular weight excluding hydrogens is 420 g/mol. The van der Waals surface area contributed by atoms with Gasteiger partial charge in [-0.15, -0.1) is 0 Å². The van der Waals surface area contributed by atoms with E-state index in [9.17, 15) is 13.6 Å². The van der Waals surface area contributed by atoms with Crippen LogP contribution in [0.2, 0.25) is 0 Å². The smallest absolute Gasteiger partial charge is 0.242 e. The molecule has 4 aromatic rings. The molecule has 1 aromatic carbocycles. The Balaban J connectivity index is 1.55. The summed E-state index contributed by atoms with van der Waals surface area (Å²) < 4.78 is 36.8. The fourth-order valence-electron chi connectivity index (χ4n) is 3.74. The maximum atomic E-state index is 12.8. The highest BCUT2D eigenvalue weighted by molar-refractivity contribution is 6.03. The van der Waals surface area contributed by atoms with Crippen LogP contribution in [0.15, 0.2) is 41.1 Å². The zero-order valence-electron chi connectivity index (χ0n) is 17.2. The highest BCUT2D eigenvalue weighted by atomic mass is 19.3. The molecule has 2 atom stereocenters. The number of alkyl halides is 2. The molecule has 0 saturated heterocycles. The average Bonchev–Trinajstić information content (AvgIpc) is 3.51. The quantitative estimate of drug-likeness (QED) is 0.461. The number of carbonyl (C=O) groups is 1. The van der Waals surface area contributed by atoms with Gasteiger partial charge in [-0.1, -0.05) is 0 Å². The third-order valence-corrected chi connectivity index (χ3v) is 5.59. The van der Waals surface area contributed by atoms with Crippen LogP contribution < -0.4 is 15.4 Å². The molecule has 3 aromatic heterocycles. The maximum absolute atomic E-state index is 12.8. The lowest BCUT2D eigenvalue weighted by molar-refractivity contribution is -0.118. The fourth-order valence-corrected chi connectivity index (χ4v) is 3.74. The van der Waals surface area contributed by atoms with Gasteiger partial charge in [0.15, 0.2) is 5.58 Å². The Morgan fingerprint density at radius 3 is 2.78 bits per heavy atom. The first-order chi connectivity index (χ1) is 15.5. The lowest BCUT2D eigenvalue weighted by atomic mass is 10.1. The van der Waals surface area contributed by atoms with Crippen molar-refractivity contribution in [2.24, 2.45) is 11.8 Å². The fraction of sp³-hybridized carbons (Fsp3) is 0.273. The van der Waals surface area contributed by atoms with E-state index in [-0.39, 0.29) is 12.2 Å². The van der Waals surface area contributed by atoms with Crippen LogP contribution in [0, 0.1) is 11.8 Å². The number of fused-ring (bicyclic) bond motifs is 2. The van der Waals surface area contributed by atoms with Gasteiger partial charge in [0.1, 0.15) is 22.9 Å². The van der Waals surface area contributed by atoms with Crippen LogP contribution in [0.4, 0.5) is 20.4 Å². The third-order valence-electron chi connectivity index (χ3n) is 5.59.